The number of hydrogen-bond acceptors (Lipinski definition) is 4. The summed E-state index contributed by atoms with van der Waals surface area (Å²) in [5, 5.41) is 2.76. The number of aliphatic imine (C=N–C) groups is 1. The van der Waals surface area contributed by atoms with Gasteiger partial charge in [-0.1, -0.05) is 0 Å². The largest absolute Gasteiger partial charge is 0.416 e. The summed E-state index contributed by atoms with van der Waals surface area (Å²) in [6.45, 7) is 5.96. The molecular weight excluding hydrogens is 371 g/mol. The Kier molecular flexibility index (Phi) is 6.87. The lowest BCUT2D eigenvalue weighted by Gasteiger charge is -2.27. The predicted octanol–water partition coefficient (Wildman–Crippen LogP) is 4.25. The van der Waals surface area contributed by atoms with E-state index < -0.39 is 23.2 Å². The molecule has 0 unspecified atom stereocenters. The van der Waals surface area contributed by atoms with Crippen molar-refractivity contribution in [3.63, 3.8) is 0 Å². The number of amides is 1. The molecule has 1 heterocycles. The van der Waals surface area contributed by atoms with Crippen LogP contribution in [0.25, 0.3) is 0 Å². The van der Waals surface area contributed by atoms with E-state index >= 15 is 0 Å². The summed E-state index contributed by atoms with van der Waals surface area (Å²) in [6, 6.07) is 3.43. The zero-order chi connectivity index (χ0) is 20.9. The second kappa shape index (κ2) is 8.77. The van der Waals surface area contributed by atoms with Gasteiger partial charge in [-0.05, 0) is 75.1 Å². The van der Waals surface area contributed by atoms with Crippen molar-refractivity contribution in [1.82, 2.24) is 0 Å². The smallest absolute Gasteiger partial charge is 0.404 e. The highest BCUT2D eigenvalue weighted by Crippen LogP contribution is 2.38. The van der Waals surface area contributed by atoms with E-state index in [0.717, 1.165) is 12.1 Å². The average molecular weight is 397 g/mol. The summed E-state index contributed by atoms with van der Waals surface area (Å²) in [5.74, 6) is -0.526. The van der Waals surface area contributed by atoms with Crippen LogP contribution >= 0.6 is 0 Å². The Labute approximate surface area is 162 Å². The number of nitrogens with zero attached hydrogens (tertiary/aromatic N) is 1. The minimum absolute atomic E-state index is 0.111. The van der Waals surface area contributed by atoms with E-state index in [9.17, 15) is 18.0 Å². The second-order valence-corrected chi connectivity index (χ2v) is 7.37. The van der Waals surface area contributed by atoms with E-state index in [1.54, 1.807) is 20.8 Å². The molecule has 1 amide bonds. The normalized spacial score (nSPS) is 17.1. The van der Waals surface area contributed by atoms with Gasteiger partial charge in [-0.3, -0.25) is 9.79 Å². The van der Waals surface area contributed by atoms with Crippen molar-refractivity contribution >= 4 is 17.8 Å². The molecule has 2 rings (SSSR count). The van der Waals surface area contributed by atoms with E-state index in [1.165, 1.54) is 18.5 Å². The molecule has 1 aliphatic heterocycles. The van der Waals surface area contributed by atoms with Crippen molar-refractivity contribution in [2.75, 3.05) is 18.5 Å². The third-order valence-corrected chi connectivity index (χ3v) is 4.70. The molecule has 1 aromatic carbocycles. The lowest BCUT2D eigenvalue weighted by atomic mass is 9.89. The van der Waals surface area contributed by atoms with Crippen LogP contribution in [0.5, 0.6) is 0 Å². The van der Waals surface area contributed by atoms with Crippen molar-refractivity contribution in [1.29, 1.82) is 0 Å². The first-order valence-corrected chi connectivity index (χ1v) is 9.08. The maximum atomic E-state index is 13.2. The number of hydrogen-bond donors (Lipinski definition) is 2. The Hall–Kier alpha value is -2.35. The van der Waals surface area contributed by atoms with Crippen LogP contribution in [0.15, 0.2) is 35.0 Å². The van der Waals surface area contributed by atoms with Crippen molar-refractivity contribution < 1.29 is 22.7 Å². The molecular formula is C20H26F3N3O2. The molecule has 0 radical (unpaired) electrons. The van der Waals surface area contributed by atoms with Gasteiger partial charge in [0.15, 0.2) is 0 Å². The molecule has 1 aliphatic rings. The van der Waals surface area contributed by atoms with Crippen LogP contribution in [-0.4, -0.2) is 30.9 Å². The highest BCUT2D eigenvalue weighted by atomic mass is 19.4. The summed E-state index contributed by atoms with van der Waals surface area (Å²) in [4.78, 5) is 17.0. The van der Waals surface area contributed by atoms with Gasteiger partial charge in [0.1, 0.15) is 5.54 Å². The molecule has 1 aromatic rings. The molecule has 154 valence electrons. The van der Waals surface area contributed by atoms with Crippen LogP contribution in [0.3, 0.4) is 0 Å². The fourth-order valence-electron chi connectivity index (χ4n) is 2.84. The summed E-state index contributed by atoms with van der Waals surface area (Å²) < 4.78 is 44.9. The van der Waals surface area contributed by atoms with Crippen molar-refractivity contribution in [3.8, 4) is 0 Å². The lowest BCUT2D eigenvalue weighted by molar-refractivity contribution is -0.137. The number of nitrogens with one attached hydrogen (secondary N) is 1. The summed E-state index contributed by atoms with van der Waals surface area (Å²) in [7, 11) is 0. The highest BCUT2D eigenvalue weighted by Gasteiger charge is 2.33. The number of anilines is 1. The molecule has 0 aliphatic carbocycles. The van der Waals surface area contributed by atoms with Crippen LogP contribution in [0.4, 0.5) is 18.9 Å². The minimum Gasteiger partial charge on any atom is -0.404 e. The van der Waals surface area contributed by atoms with E-state index in [2.05, 4.69) is 10.3 Å². The van der Waals surface area contributed by atoms with E-state index in [-0.39, 0.29) is 5.92 Å². The Bertz CT molecular complexity index is 764. The van der Waals surface area contributed by atoms with Gasteiger partial charge in [0.05, 0.1) is 5.56 Å². The van der Waals surface area contributed by atoms with Crippen LogP contribution in [0.1, 0.15) is 50.7 Å². The average Bonchev–Trinajstić information content (AvgIpc) is 2.66. The zero-order valence-electron chi connectivity index (χ0n) is 16.3. The van der Waals surface area contributed by atoms with Crippen molar-refractivity contribution in [3.05, 3.63) is 41.1 Å². The van der Waals surface area contributed by atoms with Gasteiger partial charge < -0.3 is 15.8 Å². The predicted molar refractivity (Wildman–Crippen MR) is 103 cm³/mol. The van der Waals surface area contributed by atoms with Crippen molar-refractivity contribution in [2.45, 2.75) is 51.2 Å². The number of alkyl halides is 3. The first-order chi connectivity index (χ1) is 13.0. The second-order valence-electron chi connectivity index (χ2n) is 7.37. The number of nitrogens with two attached hydrogens (primary N) is 1. The molecule has 0 aromatic heterocycles. The standard InChI is InChI=1S/C20H26F3N3O2/c1-13(11-24)12-25-19(2,3)18(27)26-17-5-4-15(20(21,22)23)10-16(17)14-6-8-28-9-7-14/h4-5,10-12,14H,6-9,24H2,1-3H3,(H,26,27). The Balaban J connectivity index is 2.33. The number of halogens is 3. The Morgan fingerprint density at radius 3 is 2.50 bits per heavy atom. The zero-order valence-corrected chi connectivity index (χ0v) is 16.3. The third kappa shape index (κ3) is 5.58. The maximum absolute atomic E-state index is 13.2. The molecule has 0 spiro atoms. The van der Waals surface area contributed by atoms with E-state index in [4.69, 9.17) is 10.5 Å². The molecule has 28 heavy (non-hydrogen) atoms. The van der Waals surface area contributed by atoms with Gasteiger partial charge in [-0.25, -0.2) is 0 Å². The number of carbonyl (C=O) groups is 1. The minimum atomic E-state index is -4.45. The molecule has 3 N–H and O–H groups in total. The topological polar surface area (TPSA) is 76.7 Å². The fraction of sp³-hybridized carbons (Fsp3) is 0.500. The quantitative estimate of drug-likeness (QED) is 0.730. The van der Waals surface area contributed by atoms with E-state index in [1.807, 2.05) is 0 Å². The molecule has 0 bridgehead atoms. The van der Waals surface area contributed by atoms with E-state index in [0.29, 0.717) is 42.9 Å². The van der Waals surface area contributed by atoms with Gasteiger partial charge in [-0.2, -0.15) is 13.2 Å². The summed E-state index contributed by atoms with van der Waals surface area (Å²) >= 11 is 0. The summed E-state index contributed by atoms with van der Waals surface area (Å²) in [5.41, 5.74) is 5.10. The number of benzene rings is 1. The van der Waals surface area contributed by atoms with Crippen LogP contribution in [0, 0.1) is 0 Å². The summed E-state index contributed by atoms with van der Waals surface area (Å²) in [6.07, 6.45) is -0.376. The van der Waals surface area contributed by atoms with Gasteiger partial charge in [0.2, 0.25) is 0 Å². The number of rotatable bonds is 5. The van der Waals surface area contributed by atoms with Crippen LogP contribution in [-0.2, 0) is 15.7 Å². The van der Waals surface area contributed by atoms with Gasteiger partial charge in [-0.15, -0.1) is 0 Å². The number of allylic oxidation sites excluding steroid dienone is 1. The maximum Gasteiger partial charge on any atom is 0.416 e. The first-order valence-electron chi connectivity index (χ1n) is 9.08. The number of ether oxygens (including phenoxy) is 1. The molecule has 1 saturated heterocycles. The lowest BCUT2D eigenvalue weighted by Crippen LogP contribution is -2.36. The monoisotopic (exact) mass is 397 g/mol. The van der Waals surface area contributed by atoms with Gasteiger partial charge in [0, 0.05) is 25.1 Å². The Morgan fingerprint density at radius 2 is 1.93 bits per heavy atom. The van der Waals surface area contributed by atoms with Crippen LogP contribution in [0.2, 0.25) is 0 Å². The SMILES string of the molecule is CC(C=NC(C)(C)C(=O)Nc1ccc(C(F)(F)F)cc1C1CCOCC1)=CN. The van der Waals surface area contributed by atoms with Crippen molar-refractivity contribution in [2.24, 2.45) is 10.7 Å². The molecule has 1 fully saturated rings. The molecule has 8 heteroatoms. The molecule has 5 nitrogen and oxygen atoms in total. The van der Waals surface area contributed by atoms with Gasteiger partial charge in [0.25, 0.3) is 5.91 Å². The fourth-order valence-corrected chi connectivity index (χ4v) is 2.84. The number of carbonyl (C=O) groups excluding carboxylic acids is 1. The van der Waals surface area contributed by atoms with Crippen LogP contribution < -0.4 is 11.1 Å². The molecule has 0 atom stereocenters. The van der Waals surface area contributed by atoms with Gasteiger partial charge >= 0.3 is 6.18 Å². The third-order valence-electron chi connectivity index (χ3n) is 4.70. The molecule has 0 saturated carbocycles. The first kappa shape index (κ1) is 21.9. The highest BCUT2D eigenvalue weighted by molar-refractivity contribution is 5.99. The Morgan fingerprint density at radius 1 is 1.29 bits per heavy atom.